The molecule has 5 heteroatoms. The van der Waals surface area contributed by atoms with Crippen LogP contribution in [0.4, 0.5) is 0 Å². The Morgan fingerprint density at radius 1 is 1.67 bits per heavy atom. The van der Waals surface area contributed by atoms with E-state index in [2.05, 4.69) is 11.9 Å². The van der Waals surface area contributed by atoms with Gasteiger partial charge in [-0.15, -0.1) is 11.3 Å². The van der Waals surface area contributed by atoms with Crippen molar-refractivity contribution in [2.24, 2.45) is 0 Å². The molecule has 0 amide bonds. The Bertz CT molecular complexity index is 371. The van der Waals surface area contributed by atoms with E-state index >= 15 is 0 Å². The van der Waals surface area contributed by atoms with Crippen LogP contribution in [0, 0.1) is 6.92 Å². The Morgan fingerprint density at radius 3 is 3.00 bits per heavy atom. The zero-order valence-corrected chi connectivity index (χ0v) is 10.3. The van der Waals surface area contributed by atoms with Crippen LogP contribution in [-0.2, 0) is 10.5 Å². The highest BCUT2D eigenvalue weighted by Gasteiger charge is 2.04. The number of carboxylic acid groups (broad SMARTS) is 1. The fraction of sp³-hybridized carbons (Fsp3) is 0.400. The number of hydrogen-bond acceptors (Lipinski definition) is 4. The summed E-state index contributed by atoms with van der Waals surface area (Å²) in [6.45, 7) is 4.01. The molecule has 0 spiro atoms. The average Bonchev–Trinajstić information content (AvgIpc) is 2.53. The number of aromatic nitrogens is 1. The van der Waals surface area contributed by atoms with E-state index < -0.39 is 5.97 Å². The van der Waals surface area contributed by atoms with Gasteiger partial charge in [-0.3, -0.25) is 0 Å². The number of thiazole rings is 1. The third kappa shape index (κ3) is 4.05. The minimum atomic E-state index is -0.924. The van der Waals surface area contributed by atoms with Crippen molar-refractivity contribution in [3.63, 3.8) is 0 Å². The molecule has 0 aliphatic rings. The lowest BCUT2D eigenvalue weighted by Gasteiger charge is -1.90. The molecule has 1 heterocycles. The molecule has 1 N–H and O–H groups in total. The second-order valence-corrected chi connectivity index (χ2v) is 5.26. The number of hydrogen-bond donors (Lipinski definition) is 1. The molecule has 0 unspecified atom stereocenters. The topological polar surface area (TPSA) is 50.2 Å². The van der Waals surface area contributed by atoms with Crippen molar-refractivity contribution in [1.29, 1.82) is 0 Å². The van der Waals surface area contributed by atoms with Gasteiger partial charge in [-0.05, 0) is 18.8 Å². The summed E-state index contributed by atoms with van der Waals surface area (Å²) >= 11 is 3.37. The van der Waals surface area contributed by atoms with Crippen molar-refractivity contribution in [3.8, 4) is 0 Å². The van der Waals surface area contributed by atoms with Gasteiger partial charge in [0.25, 0.3) is 0 Å². The number of carboxylic acids is 1. The third-order valence-electron chi connectivity index (χ3n) is 1.68. The highest BCUT2D eigenvalue weighted by Crippen LogP contribution is 2.23. The predicted molar refractivity (Wildman–Crippen MR) is 65.4 cm³/mol. The lowest BCUT2D eigenvalue weighted by molar-refractivity contribution is -0.131. The SMILES string of the molecule is CCSCc1nc(C)c(/C=C/C(=O)O)s1. The van der Waals surface area contributed by atoms with E-state index in [4.69, 9.17) is 5.11 Å². The molecule has 0 bridgehead atoms. The van der Waals surface area contributed by atoms with Crippen molar-refractivity contribution in [2.45, 2.75) is 19.6 Å². The molecular formula is C10H13NO2S2. The molecule has 15 heavy (non-hydrogen) atoms. The molecule has 0 aliphatic heterocycles. The monoisotopic (exact) mass is 243 g/mol. The molecule has 3 nitrogen and oxygen atoms in total. The molecule has 0 fully saturated rings. The van der Waals surface area contributed by atoms with Gasteiger partial charge in [-0.1, -0.05) is 6.92 Å². The van der Waals surface area contributed by atoms with Crippen molar-refractivity contribution in [2.75, 3.05) is 5.75 Å². The summed E-state index contributed by atoms with van der Waals surface area (Å²) in [5, 5.41) is 9.57. The van der Waals surface area contributed by atoms with Crippen LogP contribution in [-0.4, -0.2) is 21.8 Å². The average molecular weight is 243 g/mol. The number of aryl methyl sites for hydroxylation is 1. The molecular weight excluding hydrogens is 230 g/mol. The number of thioether (sulfide) groups is 1. The normalized spacial score (nSPS) is 11.1. The standard InChI is InChI=1S/C10H13NO2S2/c1-3-14-6-9-11-7(2)8(15-9)4-5-10(12)13/h4-5H,3,6H2,1-2H3,(H,12,13)/b5-4+. The second-order valence-electron chi connectivity index (χ2n) is 2.87. The molecule has 0 radical (unpaired) electrons. The first kappa shape index (κ1) is 12.3. The van der Waals surface area contributed by atoms with E-state index in [1.54, 1.807) is 17.4 Å². The highest BCUT2D eigenvalue weighted by molar-refractivity contribution is 7.98. The van der Waals surface area contributed by atoms with Crippen molar-refractivity contribution >= 4 is 35.1 Å². The molecule has 1 aromatic rings. The highest BCUT2D eigenvalue weighted by atomic mass is 32.2. The Kier molecular flexibility index (Phi) is 4.84. The van der Waals surface area contributed by atoms with Gasteiger partial charge in [-0.2, -0.15) is 11.8 Å². The van der Waals surface area contributed by atoms with E-state index in [-0.39, 0.29) is 0 Å². The summed E-state index contributed by atoms with van der Waals surface area (Å²) in [6, 6.07) is 0. The summed E-state index contributed by atoms with van der Waals surface area (Å²) in [4.78, 5) is 15.7. The van der Waals surface area contributed by atoms with Gasteiger partial charge >= 0.3 is 5.97 Å². The summed E-state index contributed by atoms with van der Waals surface area (Å²) in [5.74, 6) is 1.05. The van der Waals surface area contributed by atoms with Crippen LogP contribution >= 0.6 is 23.1 Å². The van der Waals surface area contributed by atoms with Crippen LogP contribution in [0.3, 0.4) is 0 Å². The molecule has 1 rings (SSSR count). The van der Waals surface area contributed by atoms with Gasteiger partial charge in [0.15, 0.2) is 0 Å². The fourth-order valence-corrected chi connectivity index (χ4v) is 2.71. The first-order valence-electron chi connectivity index (χ1n) is 4.58. The molecule has 0 atom stereocenters. The van der Waals surface area contributed by atoms with E-state index in [0.29, 0.717) is 0 Å². The number of nitrogens with zero attached hydrogens (tertiary/aromatic N) is 1. The zero-order chi connectivity index (χ0) is 11.3. The molecule has 0 aliphatic carbocycles. The lowest BCUT2D eigenvalue weighted by Crippen LogP contribution is -1.85. The molecule has 0 aromatic carbocycles. The zero-order valence-electron chi connectivity index (χ0n) is 8.69. The van der Waals surface area contributed by atoms with Crippen molar-refractivity contribution in [3.05, 3.63) is 21.7 Å². The lowest BCUT2D eigenvalue weighted by atomic mass is 10.3. The largest absolute Gasteiger partial charge is 0.478 e. The minimum Gasteiger partial charge on any atom is -0.478 e. The van der Waals surface area contributed by atoms with E-state index in [9.17, 15) is 4.79 Å². The quantitative estimate of drug-likeness (QED) is 0.808. The smallest absolute Gasteiger partial charge is 0.328 e. The first-order chi connectivity index (χ1) is 7.13. The summed E-state index contributed by atoms with van der Waals surface area (Å²) < 4.78 is 0. The van der Waals surface area contributed by atoms with Crippen molar-refractivity contribution in [1.82, 2.24) is 4.98 Å². The Morgan fingerprint density at radius 2 is 2.40 bits per heavy atom. The second kappa shape index (κ2) is 5.92. The predicted octanol–water partition coefficient (Wildman–Crippen LogP) is 2.80. The maximum absolute atomic E-state index is 10.4. The van der Waals surface area contributed by atoms with Gasteiger partial charge < -0.3 is 5.11 Å². The Hall–Kier alpha value is -0.810. The van der Waals surface area contributed by atoms with Crippen LogP contribution in [0.2, 0.25) is 0 Å². The maximum Gasteiger partial charge on any atom is 0.328 e. The van der Waals surface area contributed by atoms with E-state index in [1.807, 2.05) is 18.7 Å². The van der Waals surface area contributed by atoms with Crippen LogP contribution in [0.1, 0.15) is 22.5 Å². The van der Waals surface area contributed by atoms with Crippen LogP contribution in [0.25, 0.3) is 6.08 Å². The molecule has 82 valence electrons. The van der Waals surface area contributed by atoms with Crippen molar-refractivity contribution < 1.29 is 9.90 Å². The summed E-state index contributed by atoms with van der Waals surface area (Å²) in [5.41, 5.74) is 0.907. The Labute approximate surface area is 97.2 Å². The van der Waals surface area contributed by atoms with Gasteiger partial charge in [0.05, 0.1) is 10.6 Å². The van der Waals surface area contributed by atoms with Crippen LogP contribution in [0.15, 0.2) is 6.08 Å². The van der Waals surface area contributed by atoms with E-state index in [0.717, 1.165) is 33.2 Å². The van der Waals surface area contributed by atoms with Crippen LogP contribution in [0.5, 0.6) is 0 Å². The molecule has 1 aromatic heterocycles. The van der Waals surface area contributed by atoms with Gasteiger partial charge in [0.1, 0.15) is 5.01 Å². The number of aliphatic carboxylic acids is 1. The number of carbonyl (C=O) groups is 1. The van der Waals surface area contributed by atoms with E-state index in [1.165, 1.54) is 0 Å². The summed E-state index contributed by atoms with van der Waals surface area (Å²) in [6.07, 6.45) is 2.76. The third-order valence-corrected chi connectivity index (χ3v) is 3.87. The minimum absolute atomic E-state index is 0.906. The number of rotatable bonds is 5. The van der Waals surface area contributed by atoms with Gasteiger partial charge in [0, 0.05) is 11.8 Å². The summed E-state index contributed by atoms with van der Waals surface area (Å²) in [7, 11) is 0. The van der Waals surface area contributed by atoms with Gasteiger partial charge in [0.2, 0.25) is 0 Å². The van der Waals surface area contributed by atoms with Gasteiger partial charge in [-0.25, -0.2) is 9.78 Å². The molecule has 0 saturated heterocycles. The fourth-order valence-electron chi connectivity index (χ4n) is 1.02. The molecule has 0 saturated carbocycles. The van der Waals surface area contributed by atoms with Crippen LogP contribution < -0.4 is 0 Å². The Balaban J connectivity index is 2.72. The maximum atomic E-state index is 10.4. The first-order valence-corrected chi connectivity index (χ1v) is 6.55.